The highest BCUT2D eigenvalue weighted by molar-refractivity contribution is 7.99. The maximum Gasteiger partial charge on any atom is 0.230 e. The van der Waals surface area contributed by atoms with Gasteiger partial charge in [0.05, 0.1) is 18.0 Å². The molecule has 1 aromatic heterocycles. The van der Waals surface area contributed by atoms with Crippen LogP contribution in [0.3, 0.4) is 0 Å². The number of hydrogen-bond acceptors (Lipinski definition) is 7. The average Bonchev–Trinajstić information content (AvgIpc) is 3.19. The highest BCUT2D eigenvalue weighted by Gasteiger charge is 2.21. The van der Waals surface area contributed by atoms with Crippen molar-refractivity contribution in [3.8, 4) is 17.2 Å². The fraction of sp³-hybridized carbons (Fsp3) is 0.222. The summed E-state index contributed by atoms with van der Waals surface area (Å²) in [5.41, 5.74) is 0.485. The number of carbonyl (C=O) groups excluding carboxylic acids is 1. The van der Waals surface area contributed by atoms with Gasteiger partial charge in [-0.05, 0) is 40.8 Å². The van der Waals surface area contributed by atoms with Gasteiger partial charge in [-0.3, -0.25) is 4.79 Å². The predicted octanol–water partition coefficient (Wildman–Crippen LogP) is 1.85. The summed E-state index contributed by atoms with van der Waals surface area (Å²) in [6.07, 6.45) is -0.263. The van der Waals surface area contributed by atoms with Gasteiger partial charge < -0.3 is 14.8 Å². The van der Waals surface area contributed by atoms with E-state index >= 15 is 0 Å². The number of amides is 1. The third-order valence-corrected chi connectivity index (χ3v) is 4.84. The maximum absolute atomic E-state index is 13.4. The fourth-order valence-electron chi connectivity index (χ4n) is 2.61. The summed E-state index contributed by atoms with van der Waals surface area (Å²) in [6.45, 7) is 0.685. The van der Waals surface area contributed by atoms with Crippen molar-refractivity contribution in [3.05, 3.63) is 54.3 Å². The molecule has 1 amide bonds. The number of thioether (sulfide) groups is 1. The number of para-hydroxylation sites is 2. The van der Waals surface area contributed by atoms with Gasteiger partial charge in [0.25, 0.3) is 0 Å². The van der Waals surface area contributed by atoms with Crippen molar-refractivity contribution in [2.75, 3.05) is 18.9 Å². The Morgan fingerprint density at radius 3 is 2.96 bits per heavy atom. The molecule has 1 aliphatic rings. The zero-order chi connectivity index (χ0) is 19.3. The first-order valence-corrected chi connectivity index (χ1v) is 9.50. The summed E-state index contributed by atoms with van der Waals surface area (Å²) in [4.78, 5) is 12.2. The summed E-state index contributed by atoms with van der Waals surface area (Å²) >= 11 is 1.16. The highest BCUT2D eigenvalue weighted by atomic mass is 32.2. The number of aromatic nitrogens is 4. The summed E-state index contributed by atoms with van der Waals surface area (Å²) in [6, 6.07) is 13.3. The van der Waals surface area contributed by atoms with E-state index in [0.717, 1.165) is 11.8 Å². The standard InChI is InChI=1S/C18H16FN5O3S/c19-12-4-3-5-13(8-12)24-18(21-22-23-24)28-11-17(25)20-9-14-10-26-15-6-1-2-7-16(15)27-14/h1-8,14H,9-11H2,(H,20,25)/t14-/m0/s1. The van der Waals surface area contributed by atoms with Gasteiger partial charge in [0, 0.05) is 0 Å². The molecule has 1 atom stereocenters. The topological polar surface area (TPSA) is 91.2 Å². The van der Waals surface area contributed by atoms with Gasteiger partial charge in [-0.2, -0.15) is 4.68 Å². The van der Waals surface area contributed by atoms with Crippen molar-refractivity contribution in [1.82, 2.24) is 25.5 Å². The second-order valence-electron chi connectivity index (χ2n) is 5.94. The quantitative estimate of drug-likeness (QED) is 0.631. The van der Waals surface area contributed by atoms with Crippen molar-refractivity contribution in [2.45, 2.75) is 11.3 Å². The minimum Gasteiger partial charge on any atom is -0.486 e. The molecule has 1 aliphatic heterocycles. The van der Waals surface area contributed by atoms with Gasteiger partial charge in [-0.25, -0.2) is 4.39 Å². The molecular weight excluding hydrogens is 385 g/mol. The Labute approximate surface area is 164 Å². The second kappa shape index (κ2) is 8.26. The van der Waals surface area contributed by atoms with E-state index in [4.69, 9.17) is 9.47 Å². The molecule has 2 aromatic carbocycles. The zero-order valence-corrected chi connectivity index (χ0v) is 15.4. The van der Waals surface area contributed by atoms with Crippen LogP contribution < -0.4 is 14.8 Å². The SMILES string of the molecule is O=C(CSc1nnnn1-c1cccc(F)c1)NC[C@H]1COc2ccccc2O1. The molecular formula is C18H16FN5O3S. The lowest BCUT2D eigenvalue weighted by Gasteiger charge is -2.26. The minimum absolute atomic E-state index is 0.111. The fourth-order valence-corrected chi connectivity index (χ4v) is 3.33. The average molecular weight is 401 g/mol. The number of halogens is 1. The van der Waals surface area contributed by atoms with Gasteiger partial charge in [0.1, 0.15) is 18.5 Å². The molecule has 0 unspecified atom stereocenters. The van der Waals surface area contributed by atoms with Crippen molar-refractivity contribution in [3.63, 3.8) is 0 Å². The van der Waals surface area contributed by atoms with Crippen LogP contribution in [0, 0.1) is 5.82 Å². The largest absolute Gasteiger partial charge is 0.486 e. The molecule has 10 heteroatoms. The predicted molar refractivity (Wildman–Crippen MR) is 99.2 cm³/mol. The zero-order valence-electron chi connectivity index (χ0n) is 14.6. The molecule has 2 heterocycles. The third-order valence-electron chi connectivity index (χ3n) is 3.92. The number of fused-ring (bicyclic) bond motifs is 1. The summed E-state index contributed by atoms with van der Waals surface area (Å²) in [5, 5.41) is 14.5. The maximum atomic E-state index is 13.4. The molecule has 1 N–H and O–H groups in total. The molecule has 0 aliphatic carbocycles. The Kier molecular flexibility index (Phi) is 5.38. The summed E-state index contributed by atoms with van der Waals surface area (Å²) < 4.78 is 26.2. The first-order valence-electron chi connectivity index (χ1n) is 8.51. The van der Waals surface area contributed by atoms with E-state index < -0.39 is 5.82 Å². The monoisotopic (exact) mass is 401 g/mol. The Morgan fingerprint density at radius 1 is 1.25 bits per heavy atom. The van der Waals surface area contributed by atoms with Crippen LogP contribution >= 0.6 is 11.8 Å². The van der Waals surface area contributed by atoms with Crippen LogP contribution in [0.4, 0.5) is 4.39 Å². The number of carbonyl (C=O) groups is 1. The molecule has 8 nitrogen and oxygen atoms in total. The molecule has 0 spiro atoms. The van der Waals surface area contributed by atoms with Crippen LogP contribution in [-0.4, -0.2) is 51.1 Å². The number of hydrogen-bond donors (Lipinski definition) is 1. The van der Waals surface area contributed by atoms with E-state index in [2.05, 4.69) is 20.8 Å². The van der Waals surface area contributed by atoms with Crippen LogP contribution in [-0.2, 0) is 4.79 Å². The molecule has 0 saturated carbocycles. The number of nitrogens with one attached hydrogen (secondary N) is 1. The van der Waals surface area contributed by atoms with Gasteiger partial charge in [-0.15, -0.1) is 5.10 Å². The number of tetrazole rings is 1. The van der Waals surface area contributed by atoms with E-state index in [0.29, 0.717) is 35.5 Å². The molecule has 144 valence electrons. The normalized spacial score (nSPS) is 15.2. The van der Waals surface area contributed by atoms with Crippen molar-refractivity contribution in [2.24, 2.45) is 0 Å². The number of rotatable bonds is 6. The molecule has 3 aromatic rings. The van der Waals surface area contributed by atoms with Crippen LogP contribution in [0.5, 0.6) is 11.5 Å². The van der Waals surface area contributed by atoms with Gasteiger partial charge in [0.15, 0.2) is 11.5 Å². The van der Waals surface area contributed by atoms with Crippen LogP contribution in [0.25, 0.3) is 5.69 Å². The number of ether oxygens (including phenoxy) is 2. The Morgan fingerprint density at radius 2 is 2.11 bits per heavy atom. The summed E-state index contributed by atoms with van der Waals surface area (Å²) in [7, 11) is 0. The Hall–Kier alpha value is -3.14. The smallest absolute Gasteiger partial charge is 0.230 e. The van der Waals surface area contributed by atoms with Crippen molar-refractivity contribution < 1.29 is 18.7 Å². The molecule has 4 rings (SSSR count). The van der Waals surface area contributed by atoms with Crippen LogP contribution in [0.1, 0.15) is 0 Å². The molecule has 0 fully saturated rings. The Balaban J connectivity index is 1.29. The molecule has 0 bridgehead atoms. The van der Waals surface area contributed by atoms with E-state index in [1.807, 2.05) is 24.3 Å². The van der Waals surface area contributed by atoms with E-state index in [1.165, 1.54) is 16.8 Å². The molecule has 0 radical (unpaired) electrons. The van der Waals surface area contributed by atoms with E-state index in [9.17, 15) is 9.18 Å². The third kappa shape index (κ3) is 4.22. The Bertz CT molecular complexity index is 983. The first kappa shape index (κ1) is 18.2. The van der Waals surface area contributed by atoms with Gasteiger partial charge in [0.2, 0.25) is 11.1 Å². The lowest BCUT2D eigenvalue weighted by Crippen LogP contribution is -2.41. The summed E-state index contributed by atoms with van der Waals surface area (Å²) in [5.74, 6) is 0.889. The van der Waals surface area contributed by atoms with Crippen LogP contribution in [0.2, 0.25) is 0 Å². The van der Waals surface area contributed by atoms with Crippen molar-refractivity contribution >= 4 is 17.7 Å². The van der Waals surface area contributed by atoms with Gasteiger partial charge >= 0.3 is 0 Å². The van der Waals surface area contributed by atoms with Crippen LogP contribution in [0.15, 0.2) is 53.7 Å². The number of nitrogens with zero attached hydrogens (tertiary/aromatic N) is 4. The van der Waals surface area contributed by atoms with Crippen molar-refractivity contribution in [1.29, 1.82) is 0 Å². The van der Waals surface area contributed by atoms with E-state index in [1.54, 1.807) is 12.1 Å². The minimum atomic E-state index is -0.391. The highest BCUT2D eigenvalue weighted by Crippen LogP contribution is 2.30. The lowest BCUT2D eigenvalue weighted by atomic mass is 10.2. The molecule has 0 saturated heterocycles. The second-order valence-corrected chi connectivity index (χ2v) is 6.89. The van der Waals surface area contributed by atoms with E-state index in [-0.39, 0.29) is 17.8 Å². The van der Waals surface area contributed by atoms with Gasteiger partial charge in [-0.1, -0.05) is 30.0 Å². The number of benzene rings is 2. The lowest BCUT2D eigenvalue weighted by molar-refractivity contribution is -0.119. The molecule has 28 heavy (non-hydrogen) atoms. The first-order chi connectivity index (χ1) is 13.7.